The van der Waals surface area contributed by atoms with Gasteiger partial charge in [-0.3, -0.25) is 14.7 Å². The van der Waals surface area contributed by atoms with Crippen molar-refractivity contribution in [2.75, 3.05) is 19.6 Å². The summed E-state index contributed by atoms with van der Waals surface area (Å²) in [6.45, 7) is 9.63. The van der Waals surface area contributed by atoms with Crippen LogP contribution in [-0.2, 0) is 19.4 Å². The molecule has 7 heteroatoms. The van der Waals surface area contributed by atoms with Crippen molar-refractivity contribution >= 4 is 11.9 Å². The molecule has 2 aromatic rings. The molecular weight excluding hydrogens is 514 g/mol. The van der Waals surface area contributed by atoms with Crippen molar-refractivity contribution in [2.24, 2.45) is 0 Å². The molecule has 6 rings (SSSR count). The number of hydrogen-bond acceptors (Lipinski definition) is 5. The number of ether oxygens (including phenoxy) is 1. The van der Waals surface area contributed by atoms with Gasteiger partial charge in [-0.1, -0.05) is 25.8 Å². The van der Waals surface area contributed by atoms with Gasteiger partial charge in [-0.2, -0.15) is 0 Å². The SMILES string of the molecule is CCCc1nc2c(cc1C(=O)O)C(=O)N(C1CCN(Cc3cc(C4CC4)c(C4CCC4)cc3OC(C)C)CC1)CC2. The Morgan fingerprint density at radius 2 is 1.73 bits per heavy atom. The lowest BCUT2D eigenvalue weighted by molar-refractivity contribution is 0.0542. The maximum absolute atomic E-state index is 13.6. The highest BCUT2D eigenvalue weighted by Crippen LogP contribution is 2.49. The van der Waals surface area contributed by atoms with E-state index in [4.69, 9.17) is 4.74 Å². The highest BCUT2D eigenvalue weighted by atomic mass is 16.5. The smallest absolute Gasteiger partial charge is 0.337 e. The van der Waals surface area contributed by atoms with Gasteiger partial charge in [-0.15, -0.1) is 0 Å². The average Bonchev–Trinajstić information content (AvgIpc) is 3.75. The molecule has 1 aromatic heterocycles. The van der Waals surface area contributed by atoms with Crippen LogP contribution in [0.3, 0.4) is 0 Å². The molecule has 3 heterocycles. The average molecular weight is 560 g/mol. The van der Waals surface area contributed by atoms with Crippen molar-refractivity contribution in [3.8, 4) is 5.75 Å². The minimum atomic E-state index is -1.01. The fourth-order valence-electron chi connectivity index (χ4n) is 7.01. The van der Waals surface area contributed by atoms with Crippen LogP contribution in [0.25, 0.3) is 0 Å². The summed E-state index contributed by atoms with van der Waals surface area (Å²) in [6.07, 6.45) is 10.7. The summed E-state index contributed by atoms with van der Waals surface area (Å²) < 4.78 is 6.39. The number of rotatable bonds is 10. The molecule has 220 valence electrons. The van der Waals surface area contributed by atoms with Crippen LogP contribution in [0.15, 0.2) is 18.2 Å². The minimum absolute atomic E-state index is 0.0592. The summed E-state index contributed by atoms with van der Waals surface area (Å²) in [6, 6.07) is 6.61. The second-order valence-corrected chi connectivity index (χ2v) is 12.9. The minimum Gasteiger partial charge on any atom is -0.491 e. The van der Waals surface area contributed by atoms with Gasteiger partial charge < -0.3 is 14.7 Å². The number of amides is 1. The molecule has 1 aromatic carbocycles. The summed E-state index contributed by atoms with van der Waals surface area (Å²) in [5, 5.41) is 9.74. The molecular formula is C34H45N3O4. The Labute approximate surface area is 244 Å². The molecule has 0 atom stereocenters. The molecule has 7 nitrogen and oxygen atoms in total. The summed E-state index contributed by atoms with van der Waals surface area (Å²) in [7, 11) is 0. The second kappa shape index (κ2) is 11.7. The van der Waals surface area contributed by atoms with Crippen molar-refractivity contribution in [3.63, 3.8) is 0 Å². The number of carbonyl (C=O) groups excluding carboxylic acids is 1. The number of likely N-dealkylation sites (tertiary alicyclic amines) is 1. The fraction of sp³-hybridized carbons (Fsp3) is 0.618. The van der Waals surface area contributed by atoms with Crippen molar-refractivity contribution in [1.82, 2.24) is 14.8 Å². The van der Waals surface area contributed by atoms with Gasteiger partial charge in [0.05, 0.1) is 28.6 Å². The zero-order valence-corrected chi connectivity index (χ0v) is 25.0. The highest BCUT2D eigenvalue weighted by Gasteiger charge is 2.35. The number of carbonyl (C=O) groups is 2. The van der Waals surface area contributed by atoms with E-state index in [1.54, 1.807) is 17.2 Å². The molecule has 0 spiro atoms. The molecule has 0 radical (unpaired) electrons. The number of nitrogens with zero attached hydrogens (tertiary/aromatic N) is 3. The van der Waals surface area contributed by atoms with Gasteiger partial charge in [-0.05, 0) is 93.9 Å². The lowest BCUT2D eigenvalue weighted by Gasteiger charge is -2.40. The molecule has 0 bridgehead atoms. The van der Waals surface area contributed by atoms with Crippen molar-refractivity contribution < 1.29 is 19.4 Å². The summed E-state index contributed by atoms with van der Waals surface area (Å²) in [5.41, 5.74) is 6.42. The molecule has 2 aliphatic carbocycles. The van der Waals surface area contributed by atoms with Gasteiger partial charge in [-0.25, -0.2) is 4.79 Å². The Kier molecular flexibility index (Phi) is 8.08. The van der Waals surface area contributed by atoms with Gasteiger partial charge >= 0.3 is 5.97 Å². The van der Waals surface area contributed by atoms with E-state index in [2.05, 4.69) is 35.9 Å². The molecule has 1 saturated heterocycles. The summed E-state index contributed by atoms with van der Waals surface area (Å²) >= 11 is 0. The molecule has 2 aliphatic heterocycles. The van der Waals surface area contributed by atoms with Crippen LogP contribution < -0.4 is 4.74 Å². The number of carboxylic acid groups (broad SMARTS) is 1. The summed E-state index contributed by atoms with van der Waals surface area (Å²) in [5.74, 6) is 1.42. The standard InChI is InChI=1S/C34H45N3O4/c1-4-6-30-29(34(39)40)18-28-31(35-30)13-16-37(33(28)38)25-11-14-36(15-12-25)20-24-17-26(23-9-10-23)27(22-7-5-8-22)19-32(24)41-21(2)3/h17-19,21-23,25H,4-16,20H2,1-3H3,(H,39,40). The summed E-state index contributed by atoms with van der Waals surface area (Å²) in [4.78, 5) is 34.6. The van der Waals surface area contributed by atoms with Crippen LogP contribution in [-0.4, -0.2) is 63.5 Å². The number of pyridine rings is 1. The first-order valence-electron chi connectivity index (χ1n) is 15.9. The predicted octanol–water partition coefficient (Wildman–Crippen LogP) is 6.33. The second-order valence-electron chi connectivity index (χ2n) is 12.9. The van der Waals surface area contributed by atoms with Crippen LogP contribution in [0.5, 0.6) is 5.75 Å². The number of aromatic nitrogens is 1. The maximum Gasteiger partial charge on any atom is 0.337 e. The molecule has 2 saturated carbocycles. The Morgan fingerprint density at radius 3 is 2.34 bits per heavy atom. The van der Waals surface area contributed by atoms with Crippen LogP contribution in [0.4, 0.5) is 0 Å². The van der Waals surface area contributed by atoms with E-state index in [9.17, 15) is 14.7 Å². The van der Waals surface area contributed by atoms with Crippen molar-refractivity contribution in [2.45, 2.75) is 116 Å². The van der Waals surface area contributed by atoms with Gasteiger partial charge in [0.1, 0.15) is 5.75 Å². The zero-order valence-electron chi connectivity index (χ0n) is 25.0. The largest absolute Gasteiger partial charge is 0.491 e. The highest BCUT2D eigenvalue weighted by molar-refractivity contribution is 5.99. The van der Waals surface area contributed by atoms with Gasteiger partial charge in [0.25, 0.3) is 5.91 Å². The van der Waals surface area contributed by atoms with E-state index in [-0.39, 0.29) is 23.6 Å². The van der Waals surface area contributed by atoms with Crippen molar-refractivity contribution in [3.05, 3.63) is 57.4 Å². The van der Waals surface area contributed by atoms with Crippen molar-refractivity contribution in [1.29, 1.82) is 0 Å². The number of aromatic carboxylic acids is 1. The fourth-order valence-corrected chi connectivity index (χ4v) is 7.01. The number of benzene rings is 1. The first-order chi connectivity index (χ1) is 19.8. The third-order valence-electron chi connectivity index (χ3n) is 9.56. The van der Waals surface area contributed by atoms with Crippen LogP contribution in [0.2, 0.25) is 0 Å². The Hall–Kier alpha value is -2.93. The first kappa shape index (κ1) is 28.2. The third kappa shape index (κ3) is 5.88. The van der Waals surface area contributed by atoms with Gasteiger partial charge in [0.15, 0.2) is 0 Å². The Bertz CT molecular complexity index is 1310. The van der Waals surface area contributed by atoms with E-state index in [0.29, 0.717) is 36.6 Å². The molecule has 1 amide bonds. The van der Waals surface area contributed by atoms with E-state index < -0.39 is 5.97 Å². The van der Waals surface area contributed by atoms with Crippen LogP contribution in [0.1, 0.15) is 133 Å². The number of piperidine rings is 1. The van der Waals surface area contributed by atoms with Gasteiger partial charge in [0, 0.05) is 44.2 Å². The number of hydrogen-bond donors (Lipinski definition) is 1. The molecule has 0 unspecified atom stereocenters. The lowest BCUT2D eigenvalue weighted by atomic mass is 9.77. The van der Waals surface area contributed by atoms with E-state index in [1.165, 1.54) is 37.7 Å². The van der Waals surface area contributed by atoms with Crippen LogP contribution >= 0.6 is 0 Å². The molecule has 3 fully saturated rings. The Morgan fingerprint density at radius 1 is 1.02 bits per heavy atom. The molecule has 41 heavy (non-hydrogen) atoms. The predicted molar refractivity (Wildman–Crippen MR) is 159 cm³/mol. The third-order valence-corrected chi connectivity index (χ3v) is 9.56. The van der Waals surface area contributed by atoms with E-state index >= 15 is 0 Å². The maximum atomic E-state index is 13.6. The monoisotopic (exact) mass is 559 g/mol. The van der Waals surface area contributed by atoms with E-state index in [0.717, 1.165) is 56.3 Å². The molecule has 4 aliphatic rings. The lowest BCUT2D eigenvalue weighted by Crippen LogP contribution is -2.50. The normalized spacial score (nSPS) is 20.3. The van der Waals surface area contributed by atoms with Crippen LogP contribution in [0, 0.1) is 0 Å². The zero-order chi connectivity index (χ0) is 28.7. The number of fused-ring (bicyclic) bond motifs is 1. The quantitative estimate of drug-likeness (QED) is 0.366. The number of aryl methyl sites for hydroxylation is 1. The Balaban J connectivity index is 1.15. The van der Waals surface area contributed by atoms with E-state index in [1.807, 2.05) is 11.8 Å². The molecule has 1 N–H and O–H groups in total. The topological polar surface area (TPSA) is 83.0 Å². The first-order valence-corrected chi connectivity index (χ1v) is 15.9. The number of carboxylic acids is 1. The van der Waals surface area contributed by atoms with Gasteiger partial charge in [0.2, 0.25) is 0 Å².